The van der Waals surface area contributed by atoms with Crippen molar-refractivity contribution in [2.75, 3.05) is 18.0 Å². The highest BCUT2D eigenvalue weighted by molar-refractivity contribution is 9.10. The Bertz CT molecular complexity index is 453. The molecular formula is C14H19BrN2O2. The van der Waals surface area contributed by atoms with Gasteiger partial charge in [-0.2, -0.15) is 0 Å². The van der Waals surface area contributed by atoms with Crippen molar-refractivity contribution in [3.63, 3.8) is 0 Å². The maximum Gasteiger partial charge on any atom is 0.305 e. The minimum atomic E-state index is -0.751. The van der Waals surface area contributed by atoms with Crippen molar-refractivity contribution >= 4 is 27.6 Å². The van der Waals surface area contributed by atoms with Gasteiger partial charge < -0.3 is 15.3 Å². The predicted octanol–water partition coefficient (Wildman–Crippen LogP) is 2.48. The topological polar surface area (TPSA) is 52.6 Å². The number of carboxylic acids is 1. The fourth-order valence-electron chi connectivity index (χ4n) is 2.45. The van der Waals surface area contributed by atoms with Crippen LogP contribution < -0.4 is 10.2 Å². The second-order valence-corrected chi connectivity index (χ2v) is 5.85. The molecule has 1 fully saturated rings. The number of halogens is 1. The highest BCUT2D eigenvalue weighted by atomic mass is 79.9. The molecule has 0 saturated carbocycles. The summed E-state index contributed by atoms with van der Waals surface area (Å²) in [6.45, 7) is 3.71. The molecule has 104 valence electrons. The zero-order valence-corrected chi connectivity index (χ0v) is 12.6. The maximum absolute atomic E-state index is 11.1. The van der Waals surface area contributed by atoms with E-state index < -0.39 is 5.97 Å². The van der Waals surface area contributed by atoms with Gasteiger partial charge in [-0.15, -0.1) is 0 Å². The van der Waals surface area contributed by atoms with Gasteiger partial charge in [-0.3, -0.25) is 4.79 Å². The van der Waals surface area contributed by atoms with Crippen molar-refractivity contribution in [2.45, 2.75) is 31.8 Å². The average molecular weight is 327 g/mol. The molecule has 1 heterocycles. The molecule has 5 heteroatoms. The molecule has 1 saturated heterocycles. The van der Waals surface area contributed by atoms with E-state index in [1.165, 1.54) is 0 Å². The van der Waals surface area contributed by atoms with Crippen LogP contribution in [-0.2, 0) is 4.79 Å². The van der Waals surface area contributed by atoms with Crippen LogP contribution >= 0.6 is 15.9 Å². The molecule has 0 aromatic heterocycles. The Labute approximate surface area is 121 Å². The van der Waals surface area contributed by atoms with Crippen LogP contribution in [0.2, 0.25) is 0 Å². The number of carboxylic acid groups (broad SMARTS) is 1. The van der Waals surface area contributed by atoms with Gasteiger partial charge in [0.05, 0.1) is 18.2 Å². The smallest absolute Gasteiger partial charge is 0.305 e. The lowest BCUT2D eigenvalue weighted by Crippen LogP contribution is -2.42. The van der Waals surface area contributed by atoms with E-state index in [1.807, 2.05) is 24.3 Å². The molecule has 2 atom stereocenters. The number of rotatable bonds is 3. The van der Waals surface area contributed by atoms with E-state index in [0.29, 0.717) is 12.6 Å². The van der Waals surface area contributed by atoms with Crippen LogP contribution in [0.1, 0.15) is 19.8 Å². The van der Waals surface area contributed by atoms with Gasteiger partial charge in [0.1, 0.15) is 0 Å². The molecule has 2 unspecified atom stereocenters. The first kappa shape index (κ1) is 14.3. The third kappa shape index (κ3) is 3.70. The van der Waals surface area contributed by atoms with Crippen molar-refractivity contribution < 1.29 is 9.90 Å². The van der Waals surface area contributed by atoms with Crippen LogP contribution in [0.15, 0.2) is 28.7 Å². The van der Waals surface area contributed by atoms with Gasteiger partial charge in [-0.25, -0.2) is 0 Å². The summed E-state index contributed by atoms with van der Waals surface area (Å²) in [4.78, 5) is 13.3. The first-order chi connectivity index (χ1) is 9.08. The van der Waals surface area contributed by atoms with Crippen molar-refractivity contribution in [1.82, 2.24) is 5.32 Å². The van der Waals surface area contributed by atoms with Gasteiger partial charge in [-0.1, -0.05) is 12.1 Å². The quantitative estimate of drug-likeness (QED) is 0.896. The summed E-state index contributed by atoms with van der Waals surface area (Å²) in [5, 5.41) is 12.5. The van der Waals surface area contributed by atoms with Crippen molar-refractivity contribution in [1.29, 1.82) is 0 Å². The number of carbonyl (C=O) groups is 1. The molecular weight excluding hydrogens is 308 g/mol. The lowest BCUT2D eigenvalue weighted by molar-refractivity contribution is -0.137. The predicted molar refractivity (Wildman–Crippen MR) is 79.6 cm³/mol. The van der Waals surface area contributed by atoms with Crippen molar-refractivity contribution in [2.24, 2.45) is 0 Å². The minimum Gasteiger partial charge on any atom is -0.481 e. The molecule has 2 N–H and O–H groups in total. The fraction of sp³-hybridized carbons (Fsp3) is 0.500. The molecule has 0 bridgehead atoms. The molecule has 2 rings (SSSR count). The lowest BCUT2D eigenvalue weighted by atomic mass is 10.1. The van der Waals surface area contributed by atoms with Gasteiger partial charge in [0.2, 0.25) is 0 Å². The lowest BCUT2D eigenvalue weighted by Gasteiger charge is -2.31. The Morgan fingerprint density at radius 2 is 2.26 bits per heavy atom. The van der Waals surface area contributed by atoms with E-state index in [1.54, 1.807) is 0 Å². The molecule has 1 aliphatic rings. The van der Waals surface area contributed by atoms with E-state index in [0.717, 1.165) is 23.1 Å². The summed E-state index contributed by atoms with van der Waals surface area (Å²) in [5.74, 6) is -0.751. The number of hydrogen-bond donors (Lipinski definition) is 2. The molecule has 1 aromatic rings. The molecule has 19 heavy (non-hydrogen) atoms. The average Bonchev–Trinajstić information content (AvgIpc) is 2.53. The number of nitrogens with one attached hydrogen (secondary N) is 1. The molecule has 1 aromatic carbocycles. The van der Waals surface area contributed by atoms with Gasteiger partial charge in [0.25, 0.3) is 0 Å². The standard InChI is InChI=1S/C14H19BrN2O2/c1-10-6-7-17(11(9-16-10)8-14(18)19)13-5-3-2-4-12(13)15/h2-5,10-11,16H,6-9H2,1H3,(H,18,19). The Hall–Kier alpha value is -1.07. The van der Waals surface area contributed by atoms with E-state index in [4.69, 9.17) is 5.11 Å². The van der Waals surface area contributed by atoms with Gasteiger partial charge >= 0.3 is 5.97 Å². The first-order valence-corrected chi connectivity index (χ1v) is 7.33. The fourth-order valence-corrected chi connectivity index (χ4v) is 2.96. The van der Waals surface area contributed by atoms with Crippen LogP contribution in [0.3, 0.4) is 0 Å². The minimum absolute atomic E-state index is 0.0128. The number of aliphatic carboxylic acids is 1. The zero-order chi connectivity index (χ0) is 13.8. The van der Waals surface area contributed by atoms with Crippen LogP contribution in [0.25, 0.3) is 0 Å². The highest BCUT2D eigenvalue weighted by Gasteiger charge is 2.26. The Kier molecular flexibility index (Phi) is 4.82. The molecule has 4 nitrogen and oxygen atoms in total. The molecule has 1 aliphatic heterocycles. The number of benzene rings is 1. The number of hydrogen-bond acceptors (Lipinski definition) is 3. The molecule has 0 amide bonds. The summed E-state index contributed by atoms with van der Waals surface area (Å²) in [7, 11) is 0. The second-order valence-electron chi connectivity index (χ2n) is 4.99. The van der Waals surface area contributed by atoms with Crippen LogP contribution in [0.4, 0.5) is 5.69 Å². The van der Waals surface area contributed by atoms with Crippen molar-refractivity contribution in [3.8, 4) is 0 Å². The summed E-state index contributed by atoms with van der Waals surface area (Å²) in [6, 6.07) is 8.40. The van der Waals surface area contributed by atoms with Gasteiger partial charge in [0, 0.05) is 23.6 Å². The van der Waals surface area contributed by atoms with E-state index in [2.05, 4.69) is 33.1 Å². The summed E-state index contributed by atoms with van der Waals surface area (Å²) in [6.07, 6.45) is 1.17. The third-order valence-corrected chi connectivity index (χ3v) is 4.19. The van der Waals surface area contributed by atoms with Gasteiger partial charge in [-0.05, 0) is 41.4 Å². The van der Waals surface area contributed by atoms with E-state index in [-0.39, 0.29) is 12.5 Å². The molecule has 0 spiro atoms. The maximum atomic E-state index is 11.1. The van der Waals surface area contributed by atoms with Crippen molar-refractivity contribution in [3.05, 3.63) is 28.7 Å². The largest absolute Gasteiger partial charge is 0.481 e. The van der Waals surface area contributed by atoms with Crippen LogP contribution in [0, 0.1) is 0 Å². The number of nitrogens with zero attached hydrogens (tertiary/aromatic N) is 1. The summed E-state index contributed by atoms with van der Waals surface area (Å²) < 4.78 is 1.01. The second kappa shape index (κ2) is 6.39. The number of anilines is 1. The normalized spacial score (nSPS) is 24.0. The SMILES string of the molecule is CC1CCN(c2ccccc2Br)C(CC(=O)O)CN1. The Morgan fingerprint density at radius 3 is 2.95 bits per heavy atom. The monoisotopic (exact) mass is 326 g/mol. The van der Waals surface area contributed by atoms with Crippen LogP contribution in [0.5, 0.6) is 0 Å². The summed E-state index contributed by atoms with van der Waals surface area (Å²) >= 11 is 3.56. The van der Waals surface area contributed by atoms with E-state index >= 15 is 0 Å². The third-order valence-electron chi connectivity index (χ3n) is 3.52. The Morgan fingerprint density at radius 1 is 1.53 bits per heavy atom. The molecule has 0 aliphatic carbocycles. The van der Waals surface area contributed by atoms with Gasteiger partial charge in [0.15, 0.2) is 0 Å². The first-order valence-electron chi connectivity index (χ1n) is 6.54. The summed E-state index contributed by atoms with van der Waals surface area (Å²) in [5.41, 5.74) is 1.07. The molecule has 0 radical (unpaired) electrons. The van der Waals surface area contributed by atoms with Crippen LogP contribution in [-0.4, -0.2) is 36.2 Å². The van der Waals surface area contributed by atoms with E-state index in [9.17, 15) is 4.79 Å². The zero-order valence-electron chi connectivity index (χ0n) is 11.0. The number of para-hydroxylation sites is 1. The Balaban J connectivity index is 2.26. The highest BCUT2D eigenvalue weighted by Crippen LogP contribution is 2.29.